The number of rotatable bonds is 11. The molecule has 1 heterocycles. The van der Waals surface area contributed by atoms with E-state index in [9.17, 15) is 0 Å². The third-order valence-corrected chi connectivity index (χ3v) is 4.91. The number of nitrogens with one attached hydrogen (secondary N) is 1. The fourth-order valence-electron chi connectivity index (χ4n) is 3.39. The van der Waals surface area contributed by atoms with Gasteiger partial charge in [-0.2, -0.15) is 0 Å². The highest BCUT2D eigenvalue weighted by Gasteiger charge is 2.17. The molecule has 0 saturated heterocycles. The zero-order valence-corrected chi connectivity index (χ0v) is 17.8. The number of benzene rings is 2. The number of hydrogen-bond acceptors (Lipinski definition) is 5. The Morgan fingerprint density at radius 1 is 0.933 bits per heavy atom. The van der Waals surface area contributed by atoms with Gasteiger partial charge in [-0.15, -0.1) is 0 Å². The van der Waals surface area contributed by atoms with Gasteiger partial charge < -0.3 is 15.0 Å². The molecule has 30 heavy (non-hydrogen) atoms. The molecule has 0 saturated carbocycles. The fraction of sp³-hybridized carbons (Fsp3) is 0.320. The monoisotopic (exact) mass is 402 g/mol. The highest BCUT2D eigenvalue weighted by atomic mass is 16.5. The Bertz CT molecular complexity index is 913. The van der Waals surface area contributed by atoms with E-state index in [1.54, 1.807) is 0 Å². The number of unbranched alkanes of at least 4 members (excludes halogenated alkanes) is 1. The summed E-state index contributed by atoms with van der Waals surface area (Å²) < 4.78 is 5.38. The summed E-state index contributed by atoms with van der Waals surface area (Å²) in [7, 11) is 0. The predicted molar refractivity (Wildman–Crippen MR) is 124 cm³/mol. The molecule has 0 aliphatic rings. The topological polar surface area (TPSA) is 62.1 Å². The van der Waals surface area contributed by atoms with E-state index in [0.29, 0.717) is 19.3 Å². The molecule has 0 spiro atoms. The van der Waals surface area contributed by atoms with Gasteiger partial charge in [0.15, 0.2) is 0 Å². The summed E-state index contributed by atoms with van der Waals surface area (Å²) in [6, 6.07) is 20.8. The van der Waals surface area contributed by atoms with Crippen molar-refractivity contribution in [3.05, 3.63) is 66.9 Å². The van der Waals surface area contributed by atoms with Gasteiger partial charge in [0.1, 0.15) is 5.82 Å². The van der Waals surface area contributed by atoms with Gasteiger partial charge in [-0.3, -0.25) is 4.98 Å². The van der Waals surface area contributed by atoms with Crippen LogP contribution in [0.1, 0.15) is 26.7 Å². The van der Waals surface area contributed by atoms with Crippen molar-refractivity contribution in [1.29, 1.82) is 5.41 Å². The quantitative estimate of drug-likeness (QED) is 0.341. The van der Waals surface area contributed by atoms with Crippen molar-refractivity contribution in [1.82, 2.24) is 9.97 Å². The molecule has 0 bridgehead atoms. The average Bonchev–Trinajstić information content (AvgIpc) is 2.79. The van der Waals surface area contributed by atoms with E-state index >= 15 is 0 Å². The number of anilines is 1. The molecule has 5 heteroatoms. The van der Waals surface area contributed by atoms with Crippen LogP contribution in [0, 0.1) is 5.41 Å². The van der Waals surface area contributed by atoms with Crippen molar-refractivity contribution in [3.63, 3.8) is 0 Å². The third-order valence-electron chi connectivity index (χ3n) is 4.91. The van der Waals surface area contributed by atoms with Gasteiger partial charge in [0.05, 0.1) is 24.2 Å². The lowest BCUT2D eigenvalue weighted by atomic mass is 10.0. The number of aromatic nitrogens is 2. The maximum absolute atomic E-state index is 7.02. The van der Waals surface area contributed by atoms with Crippen LogP contribution in [0.25, 0.3) is 22.5 Å². The second-order valence-electron chi connectivity index (χ2n) is 7.43. The molecule has 3 rings (SSSR count). The van der Waals surface area contributed by atoms with Crippen LogP contribution in [-0.4, -0.2) is 42.0 Å². The molecule has 0 fully saturated rings. The molecule has 156 valence electrons. The fourth-order valence-corrected chi connectivity index (χ4v) is 3.39. The molecule has 0 atom stereocenters. The van der Waals surface area contributed by atoms with Crippen molar-refractivity contribution < 1.29 is 4.74 Å². The molecule has 0 amide bonds. The first kappa shape index (κ1) is 21.7. The van der Waals surface area contributed by atoms with E-state index in [1.165, 1.54) is 6.21 Å². The van der Waals surface area contributed by atoms with Gasteiger partial charge >= 0.3 is 0 Å². The minimum absolute atomic E-state index is 0.313. The summed E-state index contributed by atoms with van der Waals surface area (Å²) in [4.78, 5) is 12.2. The summed E-state index contributed by atoms with van der Waals surface area (Å²) in [5.74, 6) is 0.893. The Labute approximate surface area is 179 Å². The minimum Gasteiger partial charge on any atom is -0.376 e. The van der Waals surface area contributed by atoms with Crippen molar-refractivity contribution >= 4 is 12.0 Å². The van der Waals surface area contributed by atoms with Crippen LogP contribution in [0.2, 0.25) is 0 Å². The maximum atomic E-state index is 7.02. The standard InChI is InChI=1S/C25H30N4O/c1-20(2)29(16-9-10-17-30-18-15-26)23-19-27-24(21-11-5-3-6-12-21)25(28-23)22-13-7-4-8-14-22/h3-8,11-15,19-20,26H,9-10,16-18H2,1-2H3. The molecule has 5 nitrogen and oxygen atoms in total. The summed E-state index contributed by atoms with van der Waals surface area (Å²) in [5, 5.41) is 7.02. The summed E-state index contributed by atoms with van der Waals surface area (Å²) in [6.45, 7) is 6.32. The van der Waals surface area contributed by atoms with Crippen molar-refractivity contribution in [2.75, 3.05) is 24.7 Å². The largest absolute Gasteiger partial charge is 0.376 e. The Morgan fingerprint density at radius 3 is 2.17 bits per heavy atom. The van der Waals surface area contributed by atoms with Crippen LogP contribution in [0.4, 0.5) is 5.82 Å². The van der Waals surface area contributed by atoms with Gasteiger partial charge in [0, 0.05) is 36.5 Å². The highest BCUT2D eigenvalue weighted by molar-refractivity contribution is 5.78. The lowest BCUT2D eigenvalue weighted by Gasteiger charge is -2.28. The number of ether oxygens (including phenoxy) is 1. The molecule has 0 unspecified atom stereocenters. The molecular weight excluding hydrogens is 372 g/mol. The van der Waals surface area contributed by atoms with E-state index in [2.05, 4.69) is 43.0 Å². The Kier molecular flexibility index (Phi) is 8.10. The van der Waals surface area contributed by atoms with Crippen LogP contribution < -0.4 is 4.90 Å². The first-order chi connectivity index (χ1) is 14.7. The van der Waals surface area contributed by atoms with E-state index in [4.69, 9.17) is 20.1 Å². The molecule has 2 aromatic carbocycles. The Hall–Kier alpha value is -3.05. The van der Waals surface area contributed by atoms with E-state index in [1.807, 2.05) is 42.6 Å². The normalized spacial score (nSPS) is 10.9. The minimum atomic E-state index is 0.313. The summed E-state index contributed by atoms with van der Waals surface area (Å²) in [5.41, 5.74) is 3.93. The van der Waals surface area contributed by atoms with E-state index in [0.717, 1.165) is 47.7 Å². The highest BCUT2D eigenvalue weighted by Crippen LogP contribution is 2.30. The number of hydrogen-bond donors (Lipinski definition) is 1. The van der Waals surface area contributed by atoms with Gasteiger partial charge in [-0.25, -0.2) is 4.98 Å². The summed E-state index contributed by atoms with van der Waals surface area (Å²) in [6.07, 6.45) is 5.13. The molecule has 0 aliphatic carbocycles. The molecule has 0 aliphatic heterocycles. The lowest BCUT2D eigenvalue weighted by molar-refractivity contribution is 0.169. The first-order valence-corrected chi connectivity index (χ1v) is 10.5. The molecule has 3 aromatic rings. The van der Waals surface area contributed by atoms with E-state index < -0.39 is 0 Å². The van der Waals surface area contributed by atoms with Crippen molar-refractivity contribution in [3.8, 4) is 22.5 Å². The molecule has 0 radical (unpaired) electrons. The van der Waals surface area contributed by atoms with Gasteiger partial charge in [-0.1, -0.05) is 60.7 Å². The molecular formula is C25H30N4O. The lowest BCUT2D eigenvalue weighted by Crippen LogP contribution is -2.33. The molecule has 1 N–H and O–H groups in total. The summed E-state index contributed by atoms with van der Waals surface area (Å²) >= 11 is 0. The zero-order chi connectivity index (χ0) is 21.2. The SMILES string of the molecule is CC(C)N(CCCCOCC=N)c1cnc(-c2ccccc2)c(-c2ccccc2)n1. The zero-order valence-electron chi connectivity index (χ0n) is 17.8. The smallest absolute Gasteiger partial charge is 0.148 e. The Morgan fingerprint density at radius 2 is 1.57 bits per heavy atom. The second-order valence-corrected chi connectivity index (χ2v) is 7.43. The average molecular weight is 403 g/mol. The van der Waals surface area contributed by atoms with Crippen molar-refractivity contribution in [2.45, 2.75) is 32.7 Å². The number of nitrogens with zero attached hydrogens (tertiary/aromatic N) is 3. The van der Waals surface area contributed by atoms with Gasteiger partial charge in [-0.05, 0) is 26.7 Å². The van der Waals surface area contributed by atoms with Gasteiger partial charge in [0.25, 0.3) is 0 Å². The van der Waals surface area contributed by atoms with Gasteiger partial charge in [0.2, 0.25) is 0 Å². The van der Waals surface area contributed by atoms with Crippen LogP contribution in [0.3, 0.4) is 0 Å². The Balaban J connectivity index is 1.88. The second kappa shape index (κ2) is 11.2. The molecule has 1 aromatic heterocycles. The van der Waals surface area contributed by atoms with Crippen LogP contribution in [0.5, 0.6) is 0 Å². The van der Waals surface area contributed by atoms with E-state index in [-0.39, 0.29) is 0 Å². The van der Waals surface area contributed by atoms with Crippen molar-refractivity contribution in [2.24, 2.45) is 0 Å². The first-order valence-electron chi connectivity index (χ1n) is 10.5. The third kappa shape index (κ3) is 5.74. The van der Waals surface area contributed by atoms with Crippen LogP contribution in [0.15, 0.2) is 66.9 Å². The van der Waals surface area contributed by atoms with Crippen LogP contribution >= 0.6 is 0 Å². The predicted octanol–water partition coefficient (Wildman–Crippen LogP) is 5.47. The maximum Gasteiger partial charge on any atom is 0.148 e. The van der Waals surface area contributed by atoms with Crippen LogP contribution in [-0.2, 0) is 4.74 Å².